The summed E-state index contributed by atoms with van der Waals surface area (Å²) in [6, 6.07) is 4.08. The van der Waals surface area contributed by atoms with Crippen molar-refractivity contribution in [2.75, 3.05) is 13.2 Å². The number of rotatable bonds is 2. The molecule has 0 aliphatic carbocycles. The van der Waals surface area contributed by atoms with Crippen LogP contribution in [-0.4, -0.2) is 35.1 Å². The average Bonchev–Trinajstić information content (AvgIpc) is 2.93. The SMILES string of the molecule is CCC1CCCCN1C(=O)c1ccc(C#CCO)s1. The van der Waals surface area contributed by atoms with E-state index in [2.05, 4.69) is 18.8 Å². The summed E-state index contributed by atoms with van der Waals surface area (Å²) in [7, 11) is 0. The van der Waals surface area contributed by atoms with E-state index in [0.29, 0.717) is 6.04 Å². The zero-order valence-corrected chi connectivity index (χ0v) is 12.0. The highest BCUT2D eigenvalue weighted by Gasteiger charge is 2.26. The Morgan fingerprint density at radius 1 is 1.53 bits per heavy atom. The number of piperidine rings is 1. The van der Waals surface area contributed by atoms with Crippen LogP contribution in [0.2, 0.25) is 0 Å². The van der Waals surface area contributed by atoms with Gasteiger partial charge in [-0.1, -0.05) is 18.8 Å². The van der Waals surface area contributed by atoms with Crippen molar-refractivity contribution in [1.82, 2.24) is 4.90 Å². The molecule has 1 amide bonds. The summed E-state index contributed by atoms with van der Waals surface area (Å²) < 4.78 is 0. The van der Waals surface area contributed by atoms with Crippen molar-refractivity contribution in [1.29, 1.82) is 0 Å². The molecule has 0 radical (unpaired) electrons. The highest BCUT2D eigenvalue weighted by atomic mass is 32.1. The van der Waals surface area contributed by atoms with E-state index in [0.717, 1.165) is 35.6 Å². The molecule has 1 unspecified atom stereocenters. The van der Waals surface area contributed by atoms with Crippen LogP contribution in [0.25, 0.3) is 0 Å². The minimum absolute atomic E-state index is 0.133. The van der Waals surface area contributed by atoms with Gasteiger partial charge in [-0.25, -0.2) is 0 Å². The Labute approximate surface area is 118 Å². The number of aliphatic hydroxyl groups excluding tert-OH is 1. The molecule has 1 aliphatic rings. The van der Waals surface area contributed by atoms with E-state index >= 15 is 0 Å². The zero-order chi connectivity index (χ0) is 13.7. The number of thiophene rings is 1. The van der Waals surface area contributed by atoms with E-state index in [-0.39, 0.29) is 12.5 Å². The molecular formula is C15H19NO2S. The predicted molar refractivity (Wildman–Crippen MR) is 77.2 cm³/mol. The summed E-state index contributed by atoms with van der Waals surface area (Å²) >= 11 is 1.41. The van der Waals surface area contributed by atoms with Crippen LogP contribution in [0.4, 0.5) is 0 Å². The molecule has 0 aromatic carbocycles. The maximum absolute atomic E-state index is 12.5. The summed E-state index contributed by atoms with van der Waals surface area (Å²) in [5.74, 6) is 5.59. The fourth-order valence-electron chi connectivity index (χ4n) is 2.48. The second kappa shape index (κ2) is 6.74. The van der Waals surface area contributed by atoms with Gasteiger partial charge in [-0.15, -0.1) is 11.3 Å². The Morgan fingerprint density at radius 2 is 2.37 bits per heavy atom. The van der Waals surface area contributed by atoms with Crippen molar-refractivity contribution in [2.45, 2.75) is 38.6 Å². The quantitative estimate of drug-likeness (QED) is 0.844. The first-order chi connectivity index (χ1) is 9.26. The van der Waals surface area contributed by atoms with E-state index in [9.17, 15) is 4.79 Å². The molecule has 0 spiro atoms. The Balaban J connectivity index is 2.12. The van der Waals surface area contributed by atoms with Gasteiger partial charge in [-0.05, 0) is 37.8 Å². The number of hydrogen-bond donors (Lipinski definition) is 1. The van der Waals surface area contributed by atoms with Crippen LogP contribution in [0.5, 0.6) is 0 Å². The monoisotopic (exact) mass is 277 g/mol. The topological polar surface area (TPSA) is 40.5 Å². The molecule has 1 aromatic heterocycles. The van der Waals surface area contributed by atoms with E-state index in [1.165, 1.54) is 17.8 Å². The molecule has 1 aromatic rings. The molecule has 3 nitrogen and oxygen atoms in total. The Morgan fingerprint density at radius 3 is 3.11 bits per heavy atom. The lowest BCUT2D eigenvalue weighted by molar-refractivity contribution is 0.0613. The molecule has 0 saturated carbocycles. The molecule has 4 heteroatoms. The first-order valence-electron chi connectivity index (χ1n) is 6.76. The van der Waals surface area contributed by atoms with Gasteiger partial charge in [0.15, 0.2) is 0 Å². The Bertz CT molecular complexity index is 498. The largest absolute Gasteiger partial charge is 0.384 e. The first-order valence-corrected chi connectivity index (χ1v) is 7.58. The minimum Gasteiger partial charge on any atom is -0.384 e. The first kappa shape index (κ1) is 14.1. The standard InChI is InChI=1S/C15H19NO2S/c1-2-12-6-3-4-10-16(12)15(18)14-9-8-13(19-14)7-5-11-17/h8-9,12,17H,2-4,6,10-11H2,1H3. The van der Waals surface area contributed by atoms with Gasteiger partial charge in [0.2, 0.25) is 0 Å². The Hall–Kier alpha value is -1.31. The van der Waals surface area contributed by atoms with Gasteiger partial charge in [-0.2, -0.15) is 0 Å². The fraction of sp³-hybridized carbons (Fsp3) is 0.533. The van der Waals surface area contributed by atoms with Crippen LogP contribution >= 0.6 is 11.3 Å². The van der Waals surface area contributed by atoms with Gasteiger partial charge < -0.3 is 10.0 Å². The average molecular weight is 277 g/mol. The summed E-state index contributed by atoms with van der Waals surface area (Å²) in [4.78, 5) is 16.1. The molecule has 1 N–H and O–H groups in total. The molecule has 1 aliphatic heterocycles. The van der Waals surface area contributed by atoms with Gasteiger partial charge in [-0.3, -0.25) is 4.79 Å². The zero-order valence-electron chi connectivity index (χ0n) is 11.2. The Kier molecular flexibility index (Phi) is 5.00. The summed E-state index contributed by atoms with van der Waals surface area (Å²) in [5.41, 5.74) is 0. The number of carbonyl (C=O) groups is 1. The maximum atomic E-state index is 12.5. The molecule has 1 saturated heterocycles. The molecular weight excluding hydrogens is 258 g/mol. The van der Waals surface area contributed by atoms with Crippen LogP contribution in [0.1, 0.15) is 47.2 Å². The van der Waals surface area contributed by atoms with E-state index in [1.807, 2.05) is 17.0 Å². The van der Waals surface area contributed by atoms with Crippen molar-refractivity contribution in [2.24, 2.45) is 0 Å². The highest BCUT2D eigenvalue weighted by Crippen LogP contribution is 2.24. The van der Waals surface area contributed by atoms with Crippen LogP contribution < -0.4 is 0 Å². The lowest BCUT2D eigenvalue weighted by Crippen LogP contribution is -2.43. The number of hydrogen-bond acceptors (Lipinski definition) is 3. The number of nitrogens with zero attached hydrogens (tertiary/aromatic N) is 1. The third-order valence-corrected chi connectivity index (χ3v) is 4.46. The molecule has 2 heterocycles. The van der Waals surface area contributed by atoms with Crippen LogP contribution in [0.15, 0.2) is 12.1 Å². The van der Waals surface area contributed by atoms with Crippen LogP contribution in [0.3, 0.4) is 0 Å². The normalized spacial score (nSPS) is 18.8. The number of amides is 1. The van der Waals surface area contributed by atoms with Crippen molar-refractivity contribution in [3.05, 3.63) is 21.9 Å². The smallest absolute Gasteiger partial charge is 0.264 e. The fourth-order valence-corrected chi connectivity index (χ4v) is 3.32. The van der Waals surface area contributed by atoms with Crippen LogP contribution in [-0.2, 0) is 0 Å². The van der Waals surface area contributed by atoms with Crippen molar-refractivity contribution < 1.29 is 9.90 Å². The van der Waals surface area contributed by atoms with Crippen LogP contribution in [0, 0.1) is 11.8 Å². The second-order valence-electron chi connectivity index (χ2n) is 4.68. The van der Waals surface area contributed by atoms with Gasteiger partial charge in [0, 0.05) is 12.6 Å². The van der Waals surface area contributed by atoms with E-state index in [1.54, 1.807) is 0 Å². The molecule has 1 atom stereocenters. The van der Waals surface area contributed by atoms with E-state index in [4.69, 9.17) is 5.11 Å². The molecule has 102 valence electrons. The van der Waals surface area contributed by atoms with Gasteiger partial charge in [0.1, 0.15) is 6.61 Å². The minimum atomic E-state index is -0.148. The lowest BCUT2D eigenvalue weighted by Gasteiger charge is -2.34. The van der Waals surface area contributed by atoms with Gasteiger partial charge >= 0.3 is 0 Å². The number of carbonyl (C=O) groups excluding carboxylic acids is 1. The predicted octanol–water partition coefficient (Wildman–Crippen LogP) is 2.50. The van der Waals surface area contributed by atoms with Crippen molar-refractivity contribution in [3.63, 3.8) is 0 Å². The van der Waals surface area contributed by atoms with Gasteiger partial charge in [0.25, 0.3) is 5.91 Å². The lowest BCUT2D eigenvalue weighted by atomic mass is 10.00. The second-order valence-corrected chi connectivity index (χ2v) is 5.76. The van der Waals surface area contributed by atoms with Crippen molar-refractivity contribution in [3.8, 4) is 11.8 Å². The maximum Gasteiger partial charge on any atom is 0.264 e. The third-order valence-electron chi connectivity index (χ3n) is 3.47. The number of likely N-dealkylation sites (tertiary alicyclic amines) is 1. The highest BCUT2D eigenvalue weighted by molar-refractivity contribution is 7.14. The molecule has 1 fully saturated rings. The van der Waals surface area contributed by atoms with E-state index < -0.39 is 0 Å². The summed E-state index contributed by atoms with van der Waals surface area (Å²) in [6.07, 6.45) is 4.46. The summed E-state index contributed by atoms with van der Waals surface area (Å²) in [6.45, 7) is 2.86. The molecule has 0 bridgehead atoms. The molecule has 2 rings (SSSR count). The van der Waals surface area contributed by atoms with Crippen molar-refractivity contribution >= 4 is 17.2 Å². The summed E-state index contributed by atoms with van der Waals surface area (Å²) in [5, 5.41) is 8.67. The molecule has 19 heavy (non-hydrogen) atoms. The number of aliphatic hydroxyl groups is 1. The third kappa shape index (κ3) is 3.37. The van der Waals surface area contributed by atoms with Gasteiger partial charge in [0.05, 0.1) is 9.75 Å².